The Kier molecular flexibility index (Phi) is 4.88. The van der Waals surface area contributed by atoms with Gasteiger partial charge in [-0.05, 0) is 31.0 Å². The number of nitrogens with zero attached hydrogens (tertiary/aromatic N) is 1. The van der Waals surface area contributed by atoms with Crippen molar-refractivity contribution < 1.29 is 14.0 Å². The molecule has 6 heteroatoms. The van der Waals surface area contributed by atoms with E-state index in [-0.39, 0.29) is 24.3 Å². The molecule has 0 aromatic heterocycles. The third kappa shape index (κ3) is 3.37. The van der Waals surface area contributed by atoms with Gasteiger partial charge in [0.15, 0.2) is 0 Å². The number of carbonyl (C=O) groups excluding carboxylic acids is 2. The number of nitrogen functional groups attached to an aromatic ring is 1. The molecule has 0 aliphatic carbocycles. The van der Waals surface area contributed by atoms with Crippen LogP contribution in [0.1, 0.15) is 33.1 Å². The molecule has 1 aromatic carbocycles. The highest BCUT2D eigenvalue weighted by Gasteiger charge is 2.41. The average Bonchev–Trinajstić information content (AvgIpc) is 2.67. The van der Waals surface area contributed by atoms with E-state index in [4.69, 9.17) is 5.73 Å². The molecule has 2 N–H and O–H groups in total. The second-order valence-corrected chi connectivity index (χ2v) is 6.38. The number of imide groups is 1. The fourth-order valence-electron chi connectivity index (χ4n) is 2.57. The number of amides is 2. The molecule has 1 aromatic rings. The molecular formula is C15H19FN2O2S. The van der Waals surface area contributed by atoms with Gasteiger partial charge in [0.1, 0.15) is 5.82 Å². The quantitative estimate of drug-likeness (QED) is 0.671. The lowest BCUT2D eigenvalue weighted by Crippen LogP contribution is -2.40. The van der Waals surface area contributed by atoms with Crippen LogP contribution in [0.5, 0.6) is 0 Å². The summed E-state index contributed by atoms with van der Waals surface area (Å²) in [7, 11) is 0. The van der Waals surface area contributed by atoms with Crippen LogP contribution in [0.3, 0.4) is 0 Å². The molecule has 1 fully saturated rings. The van der Waals surface area contributed by atoms with Gasteiger partial charge in [0.25, 0.3) is 0 Å². The second kappa shape index (κ2) is 6.47. The number of rotatable bonds is 5. The standard InChI is InChI=1S/C15H19FN2O2S/c1-3-11(4-2)18-14(19)8-13(15(18)20)21-12-6-9(16)5-10(17)7-12/h5-7,11,13H,3-4,8,17H2,1-2H3. The molecule has 21 heavy (non-hydrogen) atoms. The van der Waals surface area contributed by atoms with Gasteiger partial charge in [-0.15, -0.1) is 11.8 Å². The number of halogens is 1. The minimum Gasteiger partial charge on any atom is -0.399 e. The van der Waals surface area contributed by atoms with Gasteiger partial charge in [0, 0.05) is 23.0 Å². The molecule has 1 saturated heterocycles. The van der Waals surface area contributed by atoms with Gasteiger partial charge in [-0.3, -0.25) is 14.5 Å². The Balaban J connectivity index is 2.15. The highest BCUT2D eigenvalue weighted by molar-refractivity contribution is 8.00. The second-order valence-electron chi connectivity index (χ2n) is 5.10. The van der Waals surface area contributed by atoms with Gasteiger partial charge in [0.2, 0.25) is 11.8 Å². The minimum absolute atomic E-state index is 0.0480. The molecular weight excluding hydrogens is 291 g/mol. The van der Waals surface area contributed by atoms with E-state index in [9.17, 15) is 14.0 Å². The van der Waals surface area contributed by atoms with Crippen molar-refractivity contribution in [3.63, 3.8) is 0 Å². The summed E-state index contributed by atoms with van der Waals surface area (Å²) in [6.07, 6.45) is 1.66. The largest absolute Gasteiger partial charge is 0.399 e. The van der Waals surface area contributed by atoms with Crippen LogP contribution >= 0.6 is 11.8 Å². The van der Waals surface area contributed by atoms with Crippen LogP contribution < -0.4 is 5.73 Å². The van der Waals surface area contributed by atoms with Crippen LogP contribution in [0.15, 0.2) is 23.1 Å². The number of hydrogen-bond acceptors (Lipinski definition) is 4. The molecule has 1 aliphatic rings. The topological polar surface area (TPSA) is 63.4 Å². The van der Waals surface area contributed by atoms with Crippen LogP contribution in [0.4, 0.5) is 10.1 Å². The Bertz CT molecular complexity index is 540. The summed E-state index contributed by atoms with van der Waals surface area (Å²) in [5.74, 6) is -0.761. The summed E-state index contributed by atoms with van der Waals surface area (Å²) in [5.41, 5.74) is 5.91. The third-order valence-corrected chi connectivity index (χ3v) is 4.78. The summed E-state index contributed by atoms with van der Waals surface area (Å²) in [5, 5.41) is -0.487. The van der Waals surface area contributed by atoms with Crippen LogP contribution in [0.2, 0.25) is 0 Å². The van der Waals surface area contributed by atoms with Crippen molar-refractivity contribution in [1.29, 1.82) is 0 Å². The third-order valence-electron chi connectivity index (χ3n) is 3.62. The van der Waals surface area contributed by atoms with Crippen molar-refractivity contribution >= 4 is 29.3 Å². The van der Waals surface area contributed by atoms with Crippen molar-refractivity contribution in [3.05, 3.63) is 24.0 Å². The monoisotopic (exact) mass is 310 g/mol. The molecule has 0 bridgehead atoms. The normalized spacial score (nSPS) is 18.9. The Morgan fingerprint density at radius 3 is 2.57 bits per heavy atom. The van der Waals surface area contributed by atoms with Gasteiger partial charge in [-0.25, -0.2) is 4.39 Å². The molecule has 1 unspecified atom stereocenters. The van der Waals surface area contributed by atoms with Crippen molar-refractivity contribution in [2.24, 2.45) is 0 Å². The first-order valence-corrected chi connectivity index (χ1v) is 7.92. The van der Waals surface area contributed by atoms with Crippen LogP contribution in [0, 0.1) is 5.82 Å². The molecule has 1 atom stereocenters. The first-order valence-electron chi connectivity index (χ1n) is 7.04. The lowest BCUT2D eigenvalue weighted by atomic mass is 10.1. The van der Waals surface area contributed by atoms with Crippen molar-refractivity contribution in [2.45, 2.75) is 49.3 Å². The molecule has 114 valence electrons. The number of hydrogen-bond donors (Lipinski definition) is 1. The number of benzene rings is 1. The van der Waals surface area contributed by atoms with Gasteiger partial charge in [0.05, 0.1) is 5.25 Å². The van der Waals surface area contributed by atoms with Crippen molar-refractivity contribution in [2.75, 3.05) is 5.73 Å². The molecule has 1 heterocycles. The van der Waals surface area contributed by atoms with Gasteiger partial charge in [-0.2, -0.15) is 0 Å². The molecule has 0 saturated carbocycles. The maximum absolute atomic E-state index is 13.3. The van der Waals surface area contributed by atoms with E-state index >= 15 is 0 Å². The number of carbonyl (C=O) groups is 2. The number of nitrogens with two attached hydrogens (primary N) is 1. The van der Waals surface area contributed by atoms with Gasteiger partial charge < -0.3 is 5.73 Å². The lowest BCUT2D eigenvalue weighted by molar-refractivity contribution is -0.141. The molecule has 1 aliphatic heterocycles. The van der Waals surface area contributed by atoms with Crippen molar-refractivity contribution in [3.8, 4) is 0 Å². The van der Waals surface area contributed by atoms with Crippen LogP contribution in [-0.2, 0) is 9.59 Å². The fraction of sp³-hybridized carbons (Fsp3) is 0.467. The Morgan fingerprint density at radius 1 is 1.33 bits per heavy atom. The smallest absolute Gasteiger partial charge is 0.243 e. The zero-order valence-corrected chi connectivity index (χ0v) is 13.0. The minimum atomic E-state index is -0.487. The average molecular weight is 310 g/mol. The van der Waals surface area contributed by atoms with Crippen LogP contribution in [0.25, 0.3) is 0 Å². The summed E-state index contributed by atoms with van der Waals surface area (Å²) >= 11 is 1.20. The summed E-state index contributed by atoms with van der Waals surface area (Å²) < 4.78 is 13.3. The Labute approximate surface area is 127 Å². The summed E-state index contributed by atoms with van der Waals surface area (Å²) in [6, 6.07) is 4.12. The molecule has 2 amide bonds. The first-order chi connectivity index (χ1) is 9.96. The summed E-state index contributed by atoms with van der Waals surface area (Å²) in [6.45, 7) is 3.92. The van der Waals surface area contributed by atoms with Gasteiger partial charge in [-0.1, -0.05) is 13.8 Å². The molecule has 4 nitrogen and oxygen atoms in total. The van der Waals surface area contributed by atoms with E-state index in [1.165, 1.54) is 28.8 Å². The lowest BCUT2D eigenvalue weighted by Gasteiger charge is -2.24. The van der Waals surface area contributed by atoms with Crippen molar-refractivity contribution in [1.82, 2.24) is 4.90 Å². The molecule has 0 spiro atoms. The Morgan fingerprint density at radius 2 is 2.00 bits per heavy atom. The summed E-state index contributed by atoms with van der Waals surface area (Å²) in [4.78, 5) is 26.4. The van der Waals surface area contributed by atoms with Gasteiger partial charge >= 0.3 is 0 Å². The van der Waals surface area contributed by atoms with E-state index in [1.54, 1.807) is 6.07 Å². The zero-order chi connectivity index (χ0) is 15.6. The van der Waals surface area contributed by atoms with E-state index in [1.807, 2.05) is 13.8 Å². The number of anilines is 1. The maximum atomic E-state index is 13.3. The molecule has 0 radical (unpaired) electrons. The van der Waals surface area contributed by atoms with E-state index in [0.29, 0.717) is 10.6 Å². The predicted octanol–water partition coefficient (Wildman–Crippen LogP) is 2.82. The SMILES string of the molecule is CCC(CC)N1C(=O)CC(Sc2cc(N)cc(F)c2)C1=O. The number of likely N-dealkylation sites (tertiary alicyclic amines) is 1. The Hall–Kier alpha value is -1.56. The highest BCUT2D eigenvalue weighted by atomic mass is 32.2. The molecule has 2 rings (SSSR count). The highest BCUT2D eigenvalue weighted by Crippen LogP contribution is 2.34. The zero-order valence-electron chi connectivity index (χ0n) is 12.1. The maximum Gasteiger partial charge on any atom is 0.243 e. The first kappa shape index (κ1) is 15.8. The van der Waals surface area contributed by atoms with E-state index < -0.39 is 11.1 Å². The number of thioether (sulfide) groups is 1. The van der Waals surface area contributed by atoms with Crippen LogP contribution in [-0.4, -0.2) is 28.0 Å². The van der Waals surface area contributed by atoms with E-state index in [0.717, 1.165) is 12.8 Å². The fourth-order valence-corrected chi connectivity index (χ4v) is 3.72. The van der Waals surface area contributed by atoms with E-state index in [2.05, 4.69) is 0 Å². The predicted molar refractivity (Wildman–Crippen MR) is 81.3 cm³/mol.